The van der Waals surface area contributed by atoms with Crippen LogP contribution in [0.1, 0.15) is 64.5 Å². The van der Waals surface area contributed by atoms with E-state index in [0.717, 1.165) is 31.6 Å². The molecule has 0 aromatic heterocycles. The van der Waals surface area contributed by atoms with E-state index >= 15 is 0 Å². The molecule has 2 heterocycles. The molecule has 1 fully saturated rings. The molecule has 2 aliphatic heterocycles. The highest BCUT2D eigenvalue weighted by Gasteiger charge is 2.40. The lowest BCUT2D eigenvalue weighted by atomic mass is 9.84. The number of carbonyl (C=O) groups excluding carboxylic acids is 1. The van der Waals surface area contributed by atoms with E-state index in [2.05, 4.69) is 37.4 Å². The molecule has 1 saturated heterocycles. The lowest BCUT2D eigenvalue weighted by Crippen LogP contribution is -2.38. The number of ether oxygens (including phenoxy) is 1. The van der Waals surface area contributed by atoms with Gasteiger partial charge in [-0.2, -0.15) is 0 Å². The summed E-state index contributed by atoms with van der Waals surface area (Å²) in [6.45, 7) is 13.0. The Bertz CT molecular complexity index is 625. The van der Waals surface area contributed by atoms with Gasteiger partial charge in [-0.05, 0) is 69.8 Å². The fourth-order valence-corrected chi connectivity index (χ4v) is 3.80. The lowest BCUT2D eigenvalue weighted by Gasteiger charge is -2.26. The first kappa shape index (κ1) is 17.3. The van der Waals surface area contributed by atoms with Crippen molar-refractivity contribution < 1.29 is 9.53 Å². The van der Waals surface area contributed by atoms with E-state index in [1.54, 1.807) is 0 Å². The minimum Gasteiger partial charge on any atom is -0.443 e. The van der Waals surface area contributed by atoms with Crippen molar-refractivity contribution in [3.05, 3.63) is 29.3 Å². The van der Waals surface area contributed by atoms with E-state index in [0.29, 0.717) is 12.5 Å². The van der Waals surface area contributed by atoms with Gasteiger partial charge in [0, 0.05) is 12.0 Å². The van der Waals surface area contributed by atoms with Crippen LogP contribution in [0.25, 0.3) is 0 Å². The van der Waals surface area contributed by atoms with Crippen molar-refractivity contribution in [2.24, 2.45) is 0 Å². The van der Waals surface area contributed by atoms with Crippen molar-refractivity contribution in [2.45, 2.75) is 64.4 Å². The van der Waals surface area contributed by atoms with Gasteiger partial charge in [0.25, 0.3) is 0 Å². The molecule has 0 saturated carbocycles. The summed E-state index contributed by atoms with van der Waals surface area (Å²) in [6, 6.07) is 6.70. The Balaban J connectivity index is 1.92. The van der Waals surface area contributed by atoms with Crippen molar-refractivity contribution >= 4 is 11.8 Å². The minimum atomic E-state index is -0.476. The van der Waals surface area contributed by atoms with E-state index in [4.69, 9.17) is 4.74 Å². The third kappa shape index (κ3) is 3.44. The average Bonchev–Trinajstić information content (AvgIpc) is 2.78. The summed E-state index contributed by atoms with van der Waals surface area (Å²) < 4.78 is 5.63. The van der Waals surface area contributed by atoms with Crippen LogP contribution in [0.5, 0.6) is 0 Å². The molecule has 3 rings (SSSR count). The number of benzene rings is 1. The Hall–Kier alpha value is -1.55. The zero-order chi connectivity index (χ0) is 17.5. The summed E-state index contributed by atoms with van der Waals surface area (Å²) in [5.74, 6) is 0.584. The molecule has 0 unspecified atom stereocenters. The lowest BCUT2D eigenvalue weighted by molar-refractivity contribution is 0.0579. The highest BCUT2D eigenvalue weighted by molar-refractivity contribution is 5.91. The smallest absolute Gasteiger partial charge is 0.414 e. The molecule has 132 valence electrons. The monoisotopic (exact) mass is 330 g/mol. The number of nitrogens with zero attached hydrogens (tertiary/aromatic N) is 1. The molecule has 2 aliphatic rings. The third-order valence-electron chi connectivity index (χ3n) is 5.02. The molecule has 4 nitrogen and oxygen atoms in total. The Kier molecular flexibility index (Phi) is 4.37. The first-order chi connectivity index (χ1) is 11.2. The van der Waals surface area contributed by atoms with Gasteiger partial charge >= 0.3 is 6.09 Å². The molecule has 24 heavy (non-hydrogen) atoms. The number of anilines is 1. The number of hydrogen-bond acceptors (Lipinski definition) is 3. The van der Waals surface area contributed by atoms with Gasteiger partial charge in [0.15, 0.2) is 0 Å². The quantitative estimate of drug-likeness (QED) is 0.839. The van der Waals surface area contributed by atoms with E-state index in [-0.39, 0.29) is 11.5 Å². The normalized spacial score (nSPS) is 20.8. The number of fused-ring (bicyclic) bond motifs is 1. The minimum absolute atomic E-state index is 0.0428. The number of rotatable bonds is 1. The van der Waals surface area contributed by atoms with Gasteiger partial charge in [0.05, 0.1) is 5.69 Å². The molecular formula is C20H30N2O2. The Labute approximate surface area is 145 Å². The number of amides is 1. The van der Waals surface area contributed by atoms with Crippen molar-refractivity contribution in [3.63, 3.8) is 0 Å². The fraction of sp³-hybridized carbons (Fsp3) is 0.650. The van der Waals surface area contributed by atoms with Crippen LogP contribution < -0.4 is 10.2 Å². The van der Waals surface area contributed by atoms with Gasteiger partial charge in [-0.1, -0.05) is 26.0 Å². The predicted molar refractivity (Wildman–Crippen MR) is 97.9 cm³/mol. The maximum atomic E-state index is 12.7. The van der Waals surface area contributed by atoms with Crippen molar-refractivity contribution in [1.82, 2.24) is 5.32 Å². The number of carbonyl (C=O) groups is 1. The van der Waals surface area contributed by atoms with Gasteiger partial charge < -0.3 is 10.1 Å². The molecule has 1 amide bonds. The highest BCUT2D eigenvalue weighted by atomic mass is 16.6. The molecule has 1 aromatic carbocycles. The van der Waals surface area contributed by atoms with Crippen molar-refractivity contribution in [2.75, 3.05) is 24.5 Å². The third-order valence-corrected chi connectivity index (χ3v) is 5.02. The van der Waals surface area contributed by atoms with Gasteiger partial charge in [0.2, 0.25) is 0 Å². The van der Waals surface area contributed by atoms with E-state index in [9.17, 15) is 4.79 Å². The Morgan fingerprint density at radius 2 is 1.92 bits per heavy atom. The van der Waals surface area contributed by atoms with Crippen LogP contribution in [0.3, 0.4) is 0 Å². The van der Waals surface area contributed by atoms with Gasteiger partial charge in [-0.25, -0.2) is 4.79 Å². The molecule has 0 radical (unpaired) electrons. The first-order valence-corrected chi connectivity index (χ1v) is 9.03. The number of hydrogen-bond donors (Lipinski definition) is 1. The molecule has 0 spiro atoms. The van der Waals surface area contributed by atoms with E-state index < -0.39 is 5.60 Å². The van der Waals surface area contributed by atoms with Gasteiger partial charge in [-0.15, -0.1) is 0 Å². The van der Waals surface area contributed by atoms with Crippen LogP contribution in [-0.2, 0) is 10.2 Å². The summed E-state index contributed by atoms with van der Waals surface area (Å²) in [5, 5.41) is 3.42. The maximum Gasteiger partial charge on any atom is 0.414 e. The molecule has 0 atom stereocenters. The van der Waals surface area contributed by atoms with Crippen molar-refractivity contribution in [3.8, 4) is 0 Å². The summed E-state index contributed by atoms with van der Waals surface area (Å²) in [6.07, 6.45) is 2.08. The molecule has 1 aromatic rings. The van der Waals surface area contributed by atoms with E-state index in [1.807, 2.05) is 25.7 Å². The van der Waals surface area contributed by atoms with Crippen LogP contribution in [0.15, 0.2) is 18.2 Å². The number of nitrogens with one attached hydrogen (secondary N) is 1. The SMILES string of the molecule is CC(C)(C)OC(=O)N1CC(C)(C)c2ccc(C3CCNCC3)cc21. The average molecular weight is 330 g/mol. The molecule has 1 N–H and O–H groups in total. The van der Waals surface area contributed by atoms with Crippen LogP contribution in [0.4, 0.5) is 10.5 Å². The molecule has 0 aliphatic carbocycles. The Morgan fingerprint density at radius 3 is 2.54 bits per heavy atom. The summed E-state index contributed by atoms with van der Waals surface area (Å²) in [5.41, 5.74) is 3.10. The summed E-state index contributed by atoms with van der Waals surface area (Å²) >= 11 is 0. The maximum absolute atomic E-state index is 12.7. The van der Waals surface area contributed by atoms with Crippen LogP contribution >= 0.6 is 0 Å². The zero-order valence-corrected chi connectivity index (χ0v) is 15.6. The van der Waals surface area contributed by atoms with Crippen LogP contribution in [-0.4, -0.2) is 31.3 Å². The second kappa shape index (κ2) is 6.07. The predicted octanol–water partition coefficient (Wildman–Crippen LogP) is 4.19. The largest absolute Gasteiger partial charge is 0.443 e. The second-order valence-electron chi connectivity index (χ2n) is 8.75. The number of piperidine rings is 1. The fourth-order valence-electron chi connectivity index (χ4n) is 3.80. The van der Waals surface area contributed by atoms with Crippen LogP contribution in [0.2, 0.25) is 0 Å². The van der Waals surface area contributed by atoms with Crippen LogP contribution in [0, 0.1) is 0 Å². The standard InChI is InChI=1S/C20H30N2O2/c1-19(2,3)24-18(23)22-13-20(4,5)16-7-6-15(12-17(16)22)14-8-10-21-11-9-14/h6-7,12,14,21H,8-11,13H2,1-5H3. The van der Waals surface area contributed by atoms with E-state index in [1.165, 1.54) is 11.1 Å². The molecular weight excluding hydrogens is 300 g/mol. The highest BCUT2D eigenvalue weighted by Crippen LogP contribution is 2.43. The second-order valence-corrected chi connectivity index (χ2v) is 8.75. The molecule has 0 bridgehead atoms. The topological polar surface area (TPSA) is 41.6 Å². The van der Waals surface area contributed by atoms with Gasteiger partial charge in [0.1, 0.15) is 5.60 Å². The summed E-state index contributed by atoms with van der Waals surface area (Å²) in [4.78, 5) is 14.5. The Morgan fingerprint density at radius 1 is 1.25 bits per heavy atom. The first-order valence-electron chi connectivity index (χ1n) is 9.03. The van der Waals surface area contributed by atoms with Gasteiger partial charge in [-0.3, -0.25) is 4.90 Å². The zero-order valence-electron chi connectivity index (χ0n) is 15.6. The molecule has 4 heteroatoms. The summed E-state index contributed by atoms with van der Waals surface area (Å²) in [7, 11) is 0. The van der Waals surface area contributed by atoms with Crippen molar-refractivity contribution in [1.29, 1.82) is 0 Å².